The Labute approximate surface area is 173 Å². The number of ketones is 1. The number of benzene rings is 2. The first kappa shape index (κ1) is 19.0. The lowest BCUT2D eigenvalue weighted by Crippen LogP contribution is -2.23. The van der Waals surface area contributed by atoms with Crippen LogP contribution in [0.15, 0.2) is 79.0 Å². The average Bonchev–Trinajstić information content (AvgIpc) is 3.04. The van der Waals surface area contributed by atoms with Gasteiger partial charge in [0.1, 0.15) is 0 Å². The molecule has 29 heavy (non-hydrogen) atoms. The topological polar surface area (TPSA) is 50.6 Å². The van der Waals surface area contributed by atoms with Crippen LogP contribution >= 0.6 is 11.6 Å². The number of amides is 1. The molecule has 1 amide bonds. The van der Waals surface area contributed by atoms with Crippen LogP contribution in [0.1, 0.15) is 37.5 Å². The Morgan fingerprint density at radius 3 is 2.34 bits per heavy atom. The number of nitrogens with zero attached hydrogens (tertiary/aromatic N) is 1. The van der Waals surface area contributed by atoms with Crippen molar-refractivity contribution in [2.24, 2.45) is 0 Å². The largest absolute Gasteiger partial charge is 0.348 e. The summed E-state index contributed by atoms with van der Waals surface area (Å²) >= 11 is 5.95. The minimum absolute atomic E-state index is 0.150. The molecule has 0 aliphatic carbocycles. The molecule has 4 nitrogen and oxygen atoms in total. The van der Waals surface area contributed by atoms with E-state index in [4.69, 9.17) is 11.6 Å². The smallest absolute Gasteiger partial charge is 0.254 e. The number of hydrogen-bond donors (Lipinski definition) is 1. The van der Waals surface area contributed by atoms with Gasteiger partial charge in [-0.05, 0) is 54.4 Å². The van der Waals surface area contributed by atoms with E-state index in [1.54, 1.807) is 34.9 Å². The Kier molecular flexibility index (Phi) is 5.19. The second-order valence-electron chi connectivity index (χ2n) is 6.81. The molecule has 5 heteroatoms. The van der Waals surface area contributed by atoms with Gasteiger partial charge in [0, 0.05) is 23.3 Å². The number of aromatic nitrogens is 1. The van der Waals surface area contributed by atoms with Crippen LogP contribution < -0.4 is 5.32 Å². The molecule has 4 rings (SSSR count). The van der Waals surface area contributed by atoms with Gasteiger partial charge in [-0.1, -0.05) is 48.0 Å². The fraction of sp³-hybridized carbons (Fsp3) is 0.0833. The summed E-state index contributed by atoms with van der Waals surface area (Å²) < 4.78 is 1.78. The summed E-state index contributed by atoms with van der Waals surface area (Å²) in [5, 5.41) is 3.54. The SMILES string of the molecule is Cc1c(C(=O)NCc2ccccc2)c2ccccn2c1C(=O)c1ccc(Cl)cc1. The molecule has 0 spiro atoms. The molecule has 0 unspecified atom stereocenters. The van der Waals surface area contributed by atoms with Crippen molar-refractivity contribution in [3.05, 3.63) is 112 Å². The van der Waals surface area contributed by atoms with Gasteiger partial charge in [0.15, 0.2) is 0 Å². The van der Waals surface area contributed by atoms with Crippen molar-refractivity contribution in [2.45, 2.75) is 13.5 Å². The van der Waals surface area contributed by atoms with Gasteiger partial charge in [-0.25, -0.2) is 0 Å². The molecule has 0 bridgehead atoms. The van der Waals surface area contributed by atoms with E-state index in [0.717, 1.165) is 5.56 Å². The minimum Gasteiger partial charge on any atom is -0.348 e. The van der Waals surface area contributed by atoms with Crippen LogP contribution in [0.2, 0.25) is 5.02 Å². The van der Waals surface area contributed by atoms with E-state index in [1.807, 2.05) is 55.5 Å². The van der Waals surface area contributed by atoms with Crippen LogP contribution in [-0.4, -0.2) is 16.1 Å². The van der Waals surface area contributed by atoms with E-state index in [9.17, 15) is 9.59 Å². The van der Waals surface area contributed by atoms with Crippen LogP contribution in [0.4, 0.5) is 0 Å². The first-order chi connectivity index (χ1) is 14.1. The average molecular weight is 403 g/mol. The molecule has 0 radical (unpaired) electrons. The summed E-state index contributed by atoms with van der Waals surface area (Å²) in [5.41, 5.74) is 3.89. The standard InChI is InChI=1S/C24H19ClN2O2/c1-16-21(24(29)26-15-17-7-3-2-4-8-17)20-9-5-6-14-27(20)22(16)23(28)18-10-12-19(25)13-11-18/h2-14H,15H2,1H3,(H,26,29). The number of fused-ring (bicyclic) bond motifs is 1. The fourth-order valence-corrected chi connectivity index (χ4v) is 3.63. The molecule has 2 heterocycles. The Bertz CT molecular complexity index is 1200. The maximum absolute atomic E-state index is 13.2. The highest BCUT2D eigenvalue weighted by Crippen LogP contribution is 2.26. The van der Waals surface area contributed by atoms with Crippen LogP contribution in [0.25, 0.3) is 5.52 Å². The Hall–Kier alpha value is -3.37. The van der Waals surface area contributed by atoms with Gasteiger partial charge < -0.3 is 9.72 Å². The van der Waals surface area contributed by atoms with Crippen molar-refractivity contribution in [2.75, 3.05) is 0 Å². The van der Waals surface area contributed by atoms with Gasteiger partial charge >= 0.3 is 0 Å². The van der Waals surface area contributed by atoms with Crippen LogP contribution in [0.3, 0.4) is 0 Å². The molecule has 144 valence electrons. The van der Waals surface area contributed by atoms with Crippen LogP contribution in [-0.2, 0) is 6.54 Å². The Morgan fingerprint density at radius 2 is 1.62 bits per heavy atom. The molecule has 2 aromatic carbocycles. The van der Waals surface area contributed by atoms with Crippen molar-refractivity contribution in [1.82, 2.24) is 9.72 Å². The third kappa shape index (κ3) is 3.67. The van der Waals surface area contributed by atoms with Crippen molar-refractivity contribution in [1.29, 1.82) is 0 Å². The number of rotatable bonds is 5. The van der Waals surface area contributed by atoms with E-state index in [2.05, 4.69) is 5.32 Å². The lowest BCUT2D eigenvalue weighted by molar-refractivity contribution is 0.0952. The second-order valence-corrected chi connectivity index (χ2v) is 7.25. The van der Waals surface area contributed by atoms with Gasteiger partial charge in [0.2, 0.25) is 5.78 Å². The quantitative estimate of drug-likeness (QED) is 0.474. The van der Waals surface area contributed by atoms with Crippen LogP contribution in [0.5, 0.6) is 0 Å². The fourth-order valence-electron chi connectivity index (χ4n) is 3.50. The number of nitrogens with one attached hydrogen (secondary N) is 1. The van der Waals surface area contributed by atoms with E-state index >= 15 is 0 Å². The van der Waals surface area contributed by atoms with E-state index in [1.165, 1.54) is 0 Å². The lowest BCUT2D eigenvalue weighted by atomic mass is 10.0. The molecule has 0 fully saturated rings. The molecule has 0 aliphatic rings. The molecule has 0 saturated carbocycles. The summed E-state index contributed by atoms with van der Waals surface area (Å²) in [6, 6.07) is 22.0. The minimum atomic E-state index is -0.204. The Balaban J connectivity index is 1.73. The van der Waals surface area contributed by atoms with E-state index < -0.39 is 0 Å². The van der Waals surface area contributed by atoms with Gasteiger partial charge in [-0.2, -0.15) is 0 Å². The van der Waals surface area contributed by atoms with Crippen molar-refractivity contribution >= 4 is 28.8 Å². The van der Waals surface area contributed by atoms with Gasteiger partial charge in [0.05, 0.1) is 16.8 Å². The molecular formula is C24H19ClN2O2. The zero-order valence-electron chi connectivity index (χ0n) is 15.9. The maximum Gasteiger partial charge on any atom is 0.254 e. The third-order valence-corrected chi connectivity index (χ3v) is 5.18. The van der Waals surface area contributed by atoms with Crippen molar-refractivity contribution < 1.29 is 9.59 Å². The lowest BCUT2D eigenvalue weighted by Gasteiger charge is -2.06. The van der Waals surface area contributed by atoms with Gasteiger partial charge in [0.25, 0.3) is 5.91 Å². The molecule has 0 aliphatic heterocycles. The Morgan fingerprint density at radius 1 is 0.931 bits per heavy atom. The number of carbonyl (C=O) groups excluding carboxylic acids is 2. The summed E-state index contributed by atoms with van der Waals surface area (Å²) in [6.45, 7) is 2.23. The van der Waals surface area contributed by atoms with Crippen molar-refractivity contribution in [3.8, 4) is 0 Å². The number of hydrogen-bond acceptors (Lipinski definition) is 2. The first-order valence-electron chi connectivity index (χ1n) is 9.28. The number of carbonyl (C=O) groups is 2. The first-order valence-corrected chi connectivity index (χ1v) is 9.66. The van der Waals surface area contributed by atoms with Crippen LogP contribution in [0, 0.1) is 6.92 Å². The normalized spacial score (nSPS) is 10.8. The highest BCUT2D eigenvalue weighted by molar-refractivity contribution is 6.30. The van der Waals surface area contributed by atoms with Crippen molar-refractivity contribution in [3.63, 3.8) is 0 Å². The molecule has 2 aromatic heterocycles. The van der Waals surface area contributed by atoms with Gasteiger partial charge in [-0.3, -0.25) is 9.59 Å². The number of halogens is 1. The molecular weight excluding hydrogens is 384 g/mol. The summed E-state index contributed by atoms with van der Waals surface area (Å²) in [6.07, 6.45) is 1.81. The zero-order chi connectivity index (χ0) is 20.4. The molecule has 0 saturated heterocycles. The van der Waals surface area contributed by atoms with E-state index in [0.29, 0.717) is 39.5 Å². The predicted octanol–water partition coefficient (Wildman–Crippen LogP) is 5.06. The third-order valence-electron chi connectivity index (χ3n) is 4.93. The second kappa shape index (κ2) is 7.94. The monoisotopic (exact) mass is 402 g/mol. The summed E-state index contributed by atoms with van der Waals surface area (Å²) in [5.74, 6) is -0.354. The maximum atomic E-state index is 13.2. The van der Waals surface area contributed by atoms with Gasteiger partial charge in [-0.15, -0.1) is 0 Å². The zero-order valence-corrected chi connectivity index (χ0v) is 16.6. The highest BCUT2D eigenvalue weighted by Gasteiger charge is 2.25. The van der Waals surface area contributed by atoms with E-state index in [-0.39, 0.29) is 11.7 Å². The summed E-state index contributed by atoms with van der Waals surface area (Å²) in [4.78, 5) is 26.2. The number of pyridine rings is 1. The molecule has 4 aromatic rings. The molecule has 1 N–H and O–H groups in total. The highest BCUT2D eigenvalue weighted by atomic mass is 35.5. The molecule has 0 atom stereocenters. The summed E-state index contributed by atoms with van der Waals surface area (Å²) in [7, 11) is 0. The predicted molar refractivity (Wildman–Crippen MR) is 115 cm³/mol.